The van der Waals surface area contributed by atoms with E-state index in [2.05, 4.69) is 0 Å². The number of nitrogens with zero attached hydrogens (tertiary/aromatic N) is 2. The lowest BCUT2D eigenvalue weighted by atomic mass is 10.2. The van der Waals surface area contributed by atoms with Crippen molar-refractivity contribution in [3.05, 3.63) is 63.3 Å². The summed E-state index contributed by atoms with van der Waals surface area (Å²) in [7, 11) is 5.11. The van der Waals surface area contributed by atoms with Crippen molar-refractivity contribution in [2.24, 2.45) is 0 Å². The molecule has 0 bridgehead atoms. The van der Waals surface area contributed by atoms with E-state index in [1.807, 2.05) is 42.4 Å². The lowest BCUT2D eigenvalue weighted by molar-refractivity contribution is -0.384. The zero-order valence-electron chi connectivity index (χ0n) is 15.3. The fraction of sp³-hybridized carbons (Fsp3) is 0.263. The number of halogens is 1. The number of methoxy groups -OCH3 is 2. The highest BCUT2D eigenvalue weighted by Gasteiger charge is 2.10. The van der Waals surface area contributed by atoms with Crippen molar-refractivity contribution in [1.82, 2.24) is 4.90 Å². The first-order valence-corrected chi connectivity index (χ1v) is 8.49. The molecular weight excluding hydrogens is 372 g/mol. The molecule has 0 radical (unpaired) electrons. The second kappa shape index (κ2) is 9.68. The number of rotatable bonds is 9. The fourth-order valence-corrected chi connectivity index (χ4v) is 2.49. The largest absolute Gasteiger partial charge is 0.493 e. The number of benzene rings is 2. The van der Waals surface area contributed by atoms with Gasteiger partial charge in [0.05, 0.1) is 30.7 Å². The average Bonchev–Trinajstić information content (AvgIpc) is 2.67. The molecular formula is C19H21ClN2O5. The second-order valence-electron chi connectivity index (χ2n) is 5.63. The Morgan fingerprint density at radius 1 is 1.11 bits per heavy atom. The van der Waals surface area contributed by atoms with Gasteiger partial charge in [0.15, 0.2) is 11.5 Å². The molecule has 2 aromatic rings. The normalized spacial score (nSPS) is 10.7. The second-order valence-corrected chi connectivity index (χ2v) is 6.04. The molecule has 0 spiro atoms. The van der Waals surface area contributed by atoms with Crippen molar-refractivity contribution >= 4 is 23.4 Å². The highest BCUT2D eigenvalue weighted by Crippen LogP contribution is 2.29. The van der Waals surface area contributed by atoms with Crippen molar-refractivity contribution < 1.29 is 19.1 Å². The van der Waals surface area contributed by atoms with Crippen molar-refractivity contribution in [2.75, 3.05) is 34.4 Å². The summed E-state index contributed by atoms with van der Waals surface area (Å²) in [5.41, 5.74) is 0.904. The van der Waals surface area contributed by atoms with Crippen LogP contribution in [-0.4, -0.2) is 44.2 Å². The summed E-state index contributed by atoms with van der Waals surface area (Å²) in [4.78, 5) is 12.2. The molecule has 0 aliphatic rings. The van der Waals surface area contributed by atoms with E-state index in [9.17, 15) is 10.1 Å². The van der Waals surface area contributed by atoms with Crippen molar-refractivity contribution in [2.45, 2.75) is 0 Å². The Labute approximate surface area is 162 Å². The van der Waals surface area contributed by atoms with Crippen LogP contribution in [0.3, 0.4) is 0 Å². The van der Waals surface area contributed by atoms with Crippen molar-refractivity contribution in [1.29, 1.82) is 0 Å². The van der Waals surface area contributed by atoms with Gasteiger partial charge in [0.1, 0.15) is 12.4 Å². The minimum Gasteiger partial charge on any atom is -0.493 e. The van der Waals surface area contributed by atoms with Gasteiger partial charge in [0, 0.05) is 19.2 Å². The summed E-state index contributed by atoms with van der Waals surface area (Å²) in [6.45, 7) is 0.988. The minimum absolute atomic E-state index is 0.0673. The van der Waals surface area contributed by atoms with E-state index in [4.69, 9.17) is 25.8 Å². The Bertz CT molecular complexity index is 826. The minimum atomic E-state index is -0.498. The molecule has 8 heteroatoms. The Kier molecular flexibility index (Phi) is 7.31. The predicted octanol–water partition coefficient (Wildman–Crippen LogP) is 4.25. The van der Waals surface area contributed by atoms with E-state index in [0.717, 1.165) is 5.56 Å². The molecule has 2 aromatic carbocycles. The van der Waals surface area contributed by atoms with Crippen LogP contribution in [0, 0.1) is 10.1 Å². The van der Waals surface area contributed by atoms with Gasteiger partial charge >= 0.3 is 0 Å². The molecule has 0 heterocycles. The highest BCUT2D eigenvalue weighted by atomic mass is 35.5. The van der Waals surface area contributed by atoms with Gasteiger partial charge in [-0.15, -0.1) is 0 Å². The first kappa shape index (κ1) is 20.4. The van der Waals surface area contributed by atoms with Crippen LogP contribution in [0.5, 0.6) is 17.2 Å². The van der Waals surface area contributed by atoms with Crippen molar-refractivity contribution in [3.63, 3.8) is 0 Å². The summed E-state index contributed by atoms with van der Waals surface area (Å²) >= 11 is 6.00. The van der Waals surface area contributed by atoms with Crippen molar-refractivity contribution in [3.8, 4) is 17.2 Å². The third kappa shape index (κ3) is 5.79. The highest BCUT2D eigenvalue weighted by molar-refractivity contribution is 6.32. The first-order valence-electron chi connectivity index (χ1n) is 8.11. The van der Waals surface area contributed by atoms with Crippen LogP contribution in [0.4, 0.5) is 5.69 Å². The van der Waals surface area contributed by atoms with Gasteiger partial charge in [0.2, 0.25) is 0 Å². The van der Waals surface area contributed by atoms with E-state index in [0.29, 0.717) is 30.4 Å². The molecule has 0 saturated carbocycles. The van der Waals surface area contributed by atoms with Crippen LogP contribution >= 0.6 is 11.6 Å². The third-order valence-corrected chi connectivity index (χ3v) is 4.05. The third-order valence-electron chi connectivity index (χ3n) is 3.76. The molecule has 0 amide bonds. The molecule has 0 aliphatic heterocycles. The first-order chi connectivity index (χ1) is 12.9. The number of nitro groups is 1. The number of nitro benzene ring substituents is 1. The number of hydrogen-bond acceptors (Lipinski definition) is 6. The van der Waals surface area contributed by atoms with Gasteiger partial charge in [-0.3, -0.25) is 10.1 Å². The molecule has 0 N–H and O–H groups in total. The molecule has 0 fully saturated rings. The standard InChI is InChI=1S/C19H21ClN2O5/c1-21(9-8-14-4-6-18(25-2)19(12-14)26-3)10-11-27-17-7-5-15(22(23)24)13-16(17)20/h4-9,12-13H,10-11H2,1-3H3. The molecule has 0 atom stereocenters. The molecule has 0 unspecified atom stereocenters. The van der Waals surface area contributed by atoms with Gasteiger partial charge in [0.25, 0.3) is 5.69 Å². The number of hydrogen-bond donors (Lipinski definition) is 0. The number of non-ortho nitro benzene ring substituents is 1. The van der Waals surface area contributed by atoms with Crippen LogP contribution in [-0.2, 0) is 0 Å². The molecule has 0 saturated heterocycles. The van der Waals surface area contributed by atoms with E-state index in [1.54, 1.807) is 14.2 Å². The fourth-order valence-electron chi connectivity index (χ4n) is 2.26. The SMILES string of the molecule is COc1ccc(C=CN(C)CCOc2ccc([N+](=O)[O-])cc2Cl)cc1OC. The van der Waals surface area contributed by atoms with Crippen LogP contribution < -0.4 is 14.2 Å². The zero-order valence-corrected chi connectivity index (χ0v) is 16.1. The van der Waals surface area contributed by atoms with Crippen LogP contribution in [0.1, 0.15) is 5.56 Å². The number of likely N-dealkylation sites (N-methyl/N-ethyl adjacent to an activating group) is 1. The Morgan fingerprint density at radius 2 is 1.81 bits per heavy atom. The smallest absolute Gasteiger partial charge is 0.271 e. The van der Waals surface area contributed by atoms with Gasteiger partial charge < -0.3 is 19.1 Å². The maximum atomic E-state index is 10.7. The monoisotopic (exact) mass is 392 g/mol. The van der Waals surface area contributed by atoms with E-state index >= 15 is 0 Å². The Hall–Kier alpha value is -2.93. The summed E-state index contributed by atoms with van der Waals surface area (Å²) < 4.78 is 16.1. The summed E-state index contributed by atoms with van der Waals surface area (Å²) in [5.74, 6) is 1.76. The molecule has 144 valence electrons. The lowest BCUT2D eigenvalue weighted by Crippen LogP contribution is -2.18. The molecule has 27 heavy (non-hydrogen) atoms. The molecule has 2 rings (SSSR count). The van der Waals surface area contributed by atoms with Crippen LogP contribution in [0.25, 0.3) is 6.08 Å². The molecule has 0 aromatic heterocycles. The average molecular weight is 393 g/mol. The van der Waals surface area contributed by atoms with Gasteiger partial charge in [-0.05, 0) is 36.0 Å². The number of ether oxygens (including phenoxy) is 3. The Morgan fingerprint density at radius 3 is 2.44 bits per heavy atom. The molecule has 7 nitrogen and oxygen atoms in total. The van der Waals surface area contributed by atoms with Gasteiger partial charge in [-0.25, -0.2) is 0 Å². The maximum Gasteiger partial charge on any atom is 0.271 e. The summed E-state index contributed by atoms with van der Waals surface area (Å²) in [6, 6.07) is 9.80. The van der Waals surface area contributed by atoms with E-state index < -0.39 is 4.92 Å². The topological polar surface area (TPSA) is 74.1 Å². The van der Waals surface area contributed by atoms with E-state index in [-0.39, 0.29) is 10.7 Å². The van der Waals surface area contributed by atoms with E-state index in [1.165, 1.54) is 18.2 Å². The zero-order chi connectivity index (χ0) is 19.8. The predicted molar refractivity (Wildman–Crippen MR) is 105 cm³/mol. The lowest BCUT2D eigenvalue weighted by Gasteiger charge is -2.15. The summed E-state index contributed by atoms with van der Waals surface area (Å²) in [5, 5.41) is 10.9. The molecule has 0 aliphatic carbocycles. The van der Waals surface area contributed by atoms with Gasteiger partial charge in [-0.2, -0.15) is 0 Å². The maximum absolute atomic E-state index is 10.7. The Balaban J connectivity index is 1.88. The van der Waals surface area contributed by atoms with Gasteiger partial charge in [-0.1, -0.05) is 17.7 Å². The van der Waals surface area contributed by atoms with Crippen LogP contribution in [0.2, 0.25) is 5.02 Å². The quantitative estimate of drug-likeness (QED) is 0.469. The summed E-state index contributed by atoms with van der Waals surface area (Å²) in [6.07, 6.45) is 3.86. The van der Waals surface area contributed by atoms with Crippen LogP contribution in [0.15, 0.2) is 42.6 Å².